The van der Waals surface area contributed by atoms with Gasteiger partial charge in [0.25, 0.3) is 16.0 Å². The van der Waals surface area contributed by atoms with E-state index < -0.39 is 34.0 Å². The Bertz CT molecular complexity index is 731. The zero-order valence-corrected chi connectivity index (χ0v) is 15.2. The van der Waals surface area contributed by atoms with Crippen molar-refractivity contribution < 1.29 is 36.0 Å². The normalized spacial score (nSPS) is 22.6. The van der Waals surface area contributed by atoms with Crippen LogP contribution in [0.15, 0.2) is 29.2 Å². The van der Waals surface area contributed by atoms with Gasteiger partial charge < -0.3 is 14.6 Å². The summed E-state index contributed by atoms with van der Waals surface area (Å²) in [5, 5.41) is 10.4. The molecule has 0 unspecified atom stereocenters. The van der Waals surface area contributed by atoms with E-state index in [2.05, 4.69) is 4.18 Å². The summed E-state index contributed by atoms with van der Waals surface area (Å²) in [5.41, 5.74) is -1.54. The van der Waals surface area contributed by atoms with Gasteiger partial charge in [-0.1, -0.05) is 17.7 Å². The van der Waals surface area contributed by atoms with E-state index in [4.69, 9.17) is 9.47 Å². The van der Waals surface area contributed by atoms with Crippen LogP contribution in [0.3, 0.4) is 0 Å². The van der Waals surface area contributed by atoms with Crippen LogP contribution in [0, 0.1) is 6.92 Å². The zero-order valence-electron chi connectivity index (χ0n) is 14.4. The van der Waals surface area contributed by atoms with Crippen molar-refractivity contribution in [2.45, 2.75) is 54.8 Å². The molecule has 1 N–H and O–H groups in total. The predicted molar refractivity (Wildman–Crippen MR) is 87.3 cm³/mol. The Morgan fingerprint density at radius 2 is 1.65 bits per heavy atom. The first kappa shape index (κ1) is 19.6. The topological polar surface area (TPSA) is 82.1 Å². The van der Waals surface area contributed by atoms with E-state index in [9.17, 15) is 22.3 Å². The Morgan fingerprint density at radius 3 is 2.19 bits per heavy atom. The molecule has 1 spiro atoms. The van der Waals surface area contributed by atoms with Crippen LogP contribution in [0.2, 0.25) is 0 Å². The van der Waals surface area contributed by atoms with Crippen molar-refractivity contribution in [1.29, 1.82) is 0 Å². The summed E-state index contributed by atoms with van der Waals surface area (Å²) in [4.78, 5) is -0.207. The van der Waals surface area contributed by atoms with Crippen molar-refractivity contribution in [3.05, 3.63) is 29.8 Å². The Hall–Kier alpha value is -1.13. The first-order valence-corrected chi connectivity index (χ1v) is 9.83. The van der Waals surface area contributed by atoms with Crippen LogP contribution in [0.25, 0.3) is 0 Å². The molecule has 2 aliphatic rings. The summed E-state index contributed by atoms with van der Waals surface area (Å²) < 4.78 is 68.8. The minimum atomic E-state index is -4.34. The van der Waals surface area contributed by atoms with Gasteiger partial charge in [0, 0.05) is 12.8 Å². The van der Waals surface area contributed by atoms with Crippen LogP contribution in [0.4, 0.5) is 8.78 Å². The van der Waals surface area contributed by atoms with Crippen molar-refractivity contribution >= 4 is 10.1 Å². The Morgan fingerprint density at radius 1 is 1.12 bits per heavy atom. The average Bonchev–Trinajstić information content (AvgIpc) is 3.05. The largest absolute Gasteiger partial charge is 0.384 e. The monoisotopic (exact) mass is 392 g/mol. The van der Waals surface area contributed by atoms with Gasteiger partial charge in [0.1, 0.15) is 12.2 Å². The second-order valence-corrected chi connectivity index (χ2v) is 8.49. The quantitative estimate of drug-likeness (QED) is 0.775. The van der Waals surface area contributed by atoms with Gasteiger partial charge in [-0.3, -0.25) is 4.18 Å². The van der Waals surface area contributed by atoms with E-state index in [0.717, 1.165) is 5.56 Å². The molecule has 0 amide bonds. The molecule has 1 heterocycles. The van der Waals surface area contributed by atoms with E-state index in [0.29, 0.717) is 13.2 Å². The van der Waals surface area contributed by atoms with Gasteiger partial charge in [0.15, 0.2) is 5.79 Å². The molecule has 146 valence electrons. The van der Waals surface area contributed by atoms with Gasteiger partial charge in [-0.2, -0.15) is 8.42 Å². The number of benzene rings is 1. The summed E-state index contributed by atoms with van der Waals surface area (Å²) in [6.45, 7) is 1.14. The standard InChI is InChI=1S/C17H22F2O6S/c1-13-2-4-14(5-3-13)26(21,22)25-12-17(18,19)15(20)6-8-16(9-7-15)23-10-11-24-16/h2-5,20H,6-12H2,1H3. The lowest BCUT2D eigenvalue weighted by atomic mass is 9.77. The third-order valence-electron chi connectivity index (χ3n) is 5.04. The van der Waals surface area contributed by atoms with Gasteiger partial charge in [-0.15, -0.1) is 0 Å². The molecular formula is C17H22F2O6S. The number of halogens is 2. The number of rotatable bonds is 5. The molecule has 1 aromatic rings. The van der Waals surface area contributed by atoms with Crippen molar-refractivity contribution in [2.24, 2.45) is 0 Å². The first-order chi connectivity index (χ1) is 12.1. The third-order valence-corrected chi connectivity index (χ3v) is 6.32. The Labute approximate surface area is 151 Å². The van der Waals surface area contributed by atoms with Crippen LogP contribution in [-0.2, 0) is 23.8 Å². The highest BCUT2D eigenvalue weighted by molar-refractivity contribution is 7.86. The molecule has 1 aliphatic carbocycles. The number of ether oxygens (including phenoxy) is 2. The fraction of sp³-hybridized carbons (Fsp3) is 0.647. The van der Waals surface area contributed by atoms with Gasteiger partial charge in [0.2, 0.25) is 0 Å². The van der Waals surface area contributed by atoms with Gasteiger partial charge >= 0.3 is 0 Å². The van der Waals surface area contributed by atoms with Crippen LogP contribution >= 0.6 is 0 Å². The van der Waals surface area contributed by atoms with Crippen LogP contribution < -0.4 is 0 Å². The van der Waals surface area contributed by atoms with Crippen molar-refractivity contribution in [1.82, 2.24) is 0 Å². The summed E-state index contributed by atoms with van der Waals surface area (Å²) in [6, 6.07) is 5.67. The molecule has 1 aromatic carbocycles. The van der Waals surface area contributed by atoms with Crippen molar-refractivity contribution in [3.63, 3.8) is 0 Å². The SMILES string of the molecule is Cc1ccc(S(=O)(=O)OCC(F)(F)C2(O)CCC3(CC2)OCCO3)cc1. The number of hydrogen-bond acceptors (Lipinski definition) is 6. The lowest BCUT2D eigenvalue weighted by molar-refractivity contribution is -0.255. The fourth-order valence-corrected chi connectivity index (χ4v) is 4.16. The van der Waals surface area contributed by atoms with E-state index >= 15 is 0 Å². The summed E-state index contributed by atoms with van der Waals surface area (Å²) in [7, 11) is -4.34. The number of alkyl halides is 2. The van der Waals surface area contributed by atoms with Gasteiger partial charge in [0.05, 0.1) is 18.1 Å². The second-order valence-electron chi connectivity index (χ2n) is 6.87. The van der Waals surface area contributed by atoms with Crippen LogP contribution in [0.1, 0.15) is 31.2 Å². The minimum absolute atomic E-state index is 0.115. The lowest BCUT2D eigenvalue weighted by Gasteiger charge is -2.43. The van der Waals surface area contributed by atoms with E-state index in [-0.39, 0.29) is 30.6 Å². The molecule has 1 aliphatic heterocycles. The molecule has 1 saturated heterocycles. The summed E-state index contributed by atoms with van der Waals surface area (Å²) in [5.74, 6) is -4.64. The zero-order chi connectivity index (χ0) is 19.1. The molecule has 0 radical (unpaired) electrons. The highest BCUT2D eigenvalue weighted by Crippen LogP contribution is 2.46. The Kier molecular flexibility index (Phi) is 5.13. The average molecular weight is 392 g/mol. The van der Waals surface area contributed by atoms with Gasteiger partial charge in [-0.25, -0.2) is 8.78 Å². The summed E-state index contributed by atoms with van der Waals surface area (Å²) in [6.07, 6.45) is -0.310. The van der Waals surface area contributed by atoms with E-state index in [1.165, 1.54) is 12.1 Å². The van der Waals surface area contributed by atoms with Gasteiger partial charge in [-0.05, 0) is 31.9 Å². The molecule has 0 aromatic heterocycles. The Balaban J connectivity index is 1.65. The number of hydrogen-bond donors (Lipinski definition) is 1. The lowest BCUT2D eigenvalue weighted by Crippen LogP contribution is -2.56. The third kappa shape index (κ3) is 3.77. The highest BCUT2D eigenvalue weighted by Gasteiger charge is 2.58. The fourth-order valence-electron chi connectivity index (χ4n) is 3.25. The molecule has 3 rings (SSSR count). The second kappa shape index (κ2) is 6.79. The minimum Gasteiger partial charge on any atom is -0.384 e. The molecule has 0 atom stereocenters. The van der Waals surface area contributed by atoms with Crippen molar-refractivity contribution in [2.75, 3.05) is 19.8 Å². The summed E-state index contributed by atoms with van der Waals surface area (Å²) >= 11 is 0. The van der Waals surface area contributed by atoms with E-state index in [1.54, 1.807) is 19.1 Å². The predicted octanol–water partition coefficient (Wildman–Crippen LogP) is 2.38. The smallest absolute Gasteiger partial charge is 0.300 e. The van der Waals surface area contributed by atoms with Crippen molar-refractivity contribution in [3.8, 4) is 0 Å². The molecule has 1 saturated carbocycles. The molecule has 0 bridgehead atoms. The maximum atomic E-state index is 14.6. The van der Waals surface area contributed by atoms with Crippen LogP contribution in [-0.4, -0.2) is 50.7 Å². The number of aliphatic hydroxyl groups is 1. The molecular weight excluding hydrogens is 370 g/mol. The highest BCUT2D eigenvalue weighted by atomic mass is 32.2. The maximum absolute atomic E-state index is 14.6. The maximum Gasteiger partial charge on any atom is 0.300 e. The molecule has 26 heavy (non-hydrogen) atoms. The molecule has 2 fully saturated rings. The molecule has 6 nitrogen and oxygen atoms in total. The van der Waals surface area contributed by atoms with Crippen LogP contribution in [0.5, 0.6) is 0 Å². The molecule has 9 heteroatoms. The van der Waals surface area contributed by atoms with E-state index in [1.807, 2.05) is 0 Å². The first-order valence-electron chi connectivity index (χ1n) is 8.42. The number of aryl methyl sites for hydroxylation is 1.